The van der Waals surface area contributed by atoms with Crippen LogP contribution in [0, 0.1) is 10.1 Å². The molecule has 3 aliphatic heterocycles. The first-order valence-corrected chi connectivity index (χ1v) is 10.3. The number of nitrogens with zero attached hydrogens (tertiary/aromatic N) is 4. The van der Waals surface area contributed by atoms with Crippen LogP contribution in [0.4, 0.5) is 11.4 Å². The molecule has 3 fully saturated rings. The average Bonchev–Trinajstić information content (AvgIpc) is 3.42. The monoisotopic (exact) mass is 388 g/mol. The maximum atomic E-state index is 13.2. The molecule has 3 aliphatic rings. The van der Waals surface area contributed by atoms with Gasteiger partial charge in [0.2, 0.25) is 0 Å². The lowest BCUT2D eigenvalue weighted by Crippen LogP contribution is -2.50. The number of non-ortho nitro benzene ring substituents is 1. The molecule has 4 rings (SSSR count). The van der Waals surface area contributed by atoms with E-state index in [-0.39, 0.29) is 11.6 Å². The van der Waals surface area contributed by atoms with Crippen molar-refractivity contribution in [2.75, 3.05) is 57.3 Å². The summed E-state index contributed by atoms with van der Waals surface area (Å²) >= 11 is 0. The zero-order chi connectivity index (χ0) is 19.5. The van der Waals surface area contributed by atoms with E-state index in [9.17, 15) is 14.9 Å². The van der Waals surface area contributed by atoms with Crippen LogP contribution in [-0.2, 0) is 4.74 Å². The van der Waals surface area contributed by atoms with Gasteiger partial charge in [-0.15, -0.1) is 0 Å². The molecule has 0 aromatic heterocycles. The fourth-order valence-corrected chi connectivity index (χ4v) is 4.42. The molecule has 28 heavy (non-hydrogen) atoms. The van der Waals surface area contributed by atoms with Gasteiger partial charge in [0.05, 0.1) is 22.3 Å². The molecule has 3 heterocycles. The fourth-order valence-electron chi connectivity index (χ4n) is 4.42. The van der Waals surface area contributed by atoms with Gasteiger partial charge < -0.3 is 14.5 Å². The van der Waals surface area contributed by atoms with Crippen LogP contribution >= 0.6 is 0 Å². The summed E-state index contributed by atoms with van der Waals surface area (Å²) in [7, 11) is 0. The van der Waals surface area contributed by atoms with Crippen molar-refractivity contribution in [3.63, 3.8) is 0 Å². The van der Waals surface area contributed by atoms with Crippen LogP contribution in [0.15, 0.2) is 18.2 Å². The Hall–Kier alpha value is -2.19. The second-order valence-corrected chi connectivity index (χ2v) is 7.88. The molecule has 1 aromatic rings. The molecule has 152 valence electrons. The van der Waals surface area contributed by atoms with Crippen LogP contribution in [0.2, 0.25) is 0 Å². The highest BCUT2D eigenvalue weighted by atomic mass is 16.6. The normalized spacial score (nSPS) is 23.4. The number of piperazine rings is 1. The summed E-state index contributed by atoms with van der Waals surface area (Å²) in [6, 6.07) is 4.70. The lowest BCUT2D eigenvalue weighted by atomic mass is 10.1. The van der Waals surface area contributed by atoms with E-state index in [1.165, 1.54) is 12.1 Å². The third kappa shape index (κ3) is 4.12. The van der Waals surface area contributed by atoms with Gasteiger partial charge in [-0.25, -0.2) is 0 Å². The number of anilines is 1. The van der Waals surface area contributed by atoms with Crippen molar-refractivity contribution < 1.29 is 14.5 Å². The molecule has 1 atom stereocenters. The molecule has 0 saturated carbocycles. The molecule has 8 heteroatoms. The van der Waals surface area contributed by atoms with E-state index >= 15 is 0 Å². The molecule has 0 spiro atoms. The van der Waals surface area contributed by atoms with Gasteiger partial charge in [-0.3, -0.25) is 19.8 Å². The smallest absolute Gasteiger partial charge is 0.270 e. The largest absolute Gasteiger partial charge is 0.377 e. The van der Waals surface area contributed by atoms with Crippen molar-refractivity contribution in [3.8, 4) is 0 Å². The predicted molar refractivity (Wildman–Crippen MR) is 106 cm³/mol. The van der Waals surface area contributed by atoms with Gasteiger partial charge in [0.15, 0.2) is 0 Å². The number of benzene rings is 1. The van der Waals surface area contributed by atoms with Gasteiger partial charge >= 0.3 is 0 Å². The number of hydrogen-bond donors (Lipinski definition) is 0. The van der Waals surface area contributed by atoms with E-state index in [1.807, 2.05) is 4.90 Å². The first kappa shape index (κ1) is 19.1. The minimum absolute atomic E-state index is 0.0247. The molecule has 0 N–H and O–H groups in total. The Bertz CT molecular complexity index is 721. The first-order valence-electron chi connectivity index (χ1n) is 10.3. The molecule has 0 aliphatic carbocycles. The SMILES string of the molecule is O=C(c1cc([N+](=O)[O-])ccc1N1CCCC1)N1CCN(CC2CCCO2)CC1. The standard InChI is InChI=1S/C20H28N4O4/c25-20(23-11-9-21(10-12-23)15-17-4-3-13-28-17)18-14-16(24(26)27)5-6-19(18)22-7-1-2-8-22/h5-6,14,17H,1-4,7-13,15H2. The second kappa shape index (κ2) is 8.45. The molecule has 3 saturated heterocycles. The van der Waals surface area contributed by atoms with Gasteiger partial charge in [-0.2, -0.15) is 0 Å². The van der Waals surface area contributed by atoms with Crippen LogP contribution in [0.5, 0.6) is 0 Å². The van der Waals surface area contributed by atoms with Gasteiger partial charge in [0.25, 0.3) is 11.6 Å². The molecular formula is C20H28N4O4. The maximum absolute atomic E-state index is 13.2. The number of amides is 1. The molecule has 0 bridgehead atoms. The number of ether oxygens (including phenoxy) is 1. The van der Waals surface area contributed by atoms with E-state index < -0.39 is 4.92 Å². The Morgan fingerprint density at radius 1 is 1.11 bits per heavy atom. The minimum atomic E-state index is -0.427. The highest BCUT2D eigenvalue weighted by molar-refractivity contribution is 6.00. The fraction of sp³-hybridized carbons (Fsp3) is 0.650. The third-order valence-electron chi connectivity index (χ3n) is 6.01. The zero-order valence-corrected chi connectivity index (χ0v) is 16.2. The lowest BCUT2D eigenvalue weighted by Gasteiger charge is -2.36. The van der Waals surface area contributed by atoms with Gasteiger partial charge in [0, 0.05) is 64.6 Å². The maximum Gasteiger partial charge on any atom is 0.270 e. The highest BCUT2D eigenvalue weighted by Gasteiger charge is 2.29. The summed E-state index contributed by atoms with van der Waals surface area (Å²) in [5.41, 5.74) is 1.27. The van der Waals surface area contributed by atoms with Crippen LogP contribution in [0.1, 0.15) is 36.0 Å². The zero-order valence-electron chi connectivity index (χ0n) is 16.2. The van der Waals surface area contributed by atoms with Crippen LogP contribution in [-0.4, -0.2) is 79.2 Å². The Kier molecular flexibility index (Phi) is 5.77. The minimum Gasteiger partial charge on any atom is -0.377 e. The summed E-state index contributed by atoms with van der Waals surface area (Å²) in [6.45, 7) is 6.51. The third-order valence-corrected chi connectivity index (χ3v) is 6.01. The van der Waals surface area contributed by atoms with E-state index in [4.69, 9.17) is 4.74 Å². The summed E-state index contributed by atoms with van der Waals surface area (Å²) in [4.78, 5) is 30.4. The van der Waals surface area contributed by atoms with Crippen molar-refractivity contribution in [1.82, 2.24) is 9.80 Å². The molecule has 0 radical (unpaired) electrons. The Morgan fingerprint density at radius 3 is 2.50 bits per heavy atom. The van der Waals surface area contributed by atoms with E-state index in [1.54, 1.807) is 6.07 Å². The van der Waals surface area contributed by atoms with Crippen molar-refractivity contribution >= 4 is 17.3 Å². The van der Waals surface area contributed by atoms with Crippen LogP contribution < -0.4 is 4.90 Å². The van der Waals surface area contributed by atoms with Crippen molar-refractivity contribution in [1.29, 1.82) is 0 Å². The number of nitro benzene ring substituents is 1. The van der Waals surface area contributed by atoms with E-state index in [0.717, 1.165) is 70.7 Å². The van der Waals surface area contributed by atoms with Crippen molar-refractivity contribution in [3.05, 3.63) is 33.9 Å². The molecule has 1 unspecified atom stereocenters. The van der Waals surface area contributed by atoms with E-state index in [2.05, 4.69) is 9.80 Å². The number of nitro groups is 1. The number of carbonyl (C=O) groups excluding carboxylic acids is 1. The quantitative estimate of drug-likeness (QED) is 0.568. The first-order chi connectivity index (χ1) is 13.6. The van der Waals surface area contributed by atoms with Crippen LogP contribution in [0.25, 0.3) is 0 Å². The Morgan fingerprint density at radius 2 is 1.86 bits per heavy atom. The van der Waals surface area contributed by atoms with Crippen molar-refractivity contribution in [2.24, 2.45) is 0 Å². The number of hydrogen-bond acceptors (Lipinski definition) is 6. The topological polar surface area (TPSA) is 79.2 Å². The van der Waals surface area contributed by atoms with Gasteiger partial charge in [-0.1, -0.05) is 0 Å². The summed E-state index contributed by atoms with van der Waals surface area (Å²) < 4.78 is 5.72. The summed E-state index contributed by atoms with van der Waals surface area (Å²) in [5.74, 6) is -0.0950. The Labute approximate surface area is 165 Å². The summed E-state index contributed by atoms with van der Waals surface area (Å²) in [5, 5.41) is 11.2. The highest BCUT2D eigenvalue weighted by Crippen LogP contribution is 2.29. The molecule has 1 aromatic carbocycles. The molecular weight excluding hydrogens is 360 g/mol. The number of carbonyl (C=O) groups is 1. The average molecular weight is 388 g/mol. The molecule has 1 amide bonds. The predicted octanol–water partition coefficient (Wildman–Crippen LogP) is 2.13. The van der Waals surface area contributed by atoms with Gasteiger partial charge in [0.1, 0.15) is 0 Å². The van der Waals surface area contributed by atoms with Gasteiger partial charge in [-0.05, 0) is 31.7 Å². The molecule has 8 nitrogen and oxygen atoms in total. The number of rotatable bonds is 5. The van der Waals surface area contributed by atoms with E-state index in [0.29, 0.717) is 24.8 Å². The van der Waals surface area contributed by atoms with Crippen LogP contribution in [0.3, 0.4) is 0 Å². The summed E-state index contributed by atoms with van der Waals surface area (Å²) in [6.07, 6.45) is 4.75. The lowest BCUT2D eigenvalue weighted by molar-refractivity contribution is -0.384. The Balaban J connectivity index is 1.46. The van der Waals surface area contributed by atoms with Crippen molar-refractivity contribution in [2.45, 2.75) is 31.8 Å². The second-order valence-electron chi connectivity index (χ2n) is 7.88.